The van der Waals surface area contributed by atoms with Crippen molar-refractivity contribution in [1.82, 2.24) is 5.32 Å². The van der Waals surface area contributed by atoms with Crippen LogP contribution in [0, 0.1) is 17.3 Å². The first-order valence-corrected chi connectivity index (χ1v) is 7.98. The van der Waals surface area contributed by atoms with Crippen molar-refractivity contribution in [3.05, 3.63) is 0 Å². The van der Waals surface area contributed by atoms with E-state index >= 15 is 0 Å². The molecule has 2 fully saturated rings. The van der Waals surface area contributed by atoms with Gasteiger partial charge in [-0.05, 0) is 25.7 Å². The maximum atomic E-state index is 12.8. The van der Waals surface area contributed by atoms with Crippen molar-refractivity contribution in [2.24, 2.45) is 23.0 Å². The molecule has 0 radical (unpaired) electrons. The molecule has 1 heterocycles. The quantitative estimate of drug-likeness (QED) is 0.829. The second-order valence-electron chi connectivity index (χ2n) is 7.28. The summed E-state index contributed by atoms with van der Waals surface area (Å²) in [4.78, 5) is 12.8. The molecular formula is C16H30N2O2. The van der Waals surface area contributed by atoms with E-state index in [0.29, 0.717) is 5.92 Å². The molecule has 1 saturated heterocycles. The molecular weight excluding hydrogens is 252 g/mol. The number of amides is 1. The Hall–Kier alpha value is -0.610. The highest BCUT2D eigenvalue weighted by molar-refractivity contribution is 5.89. The Balaban J connectivity index is 2.11. The van der Waals surface area contributed by atoms with Crippen LogP contribution in [0.1, 0.15) is 53.9 Å². The predicted octanol–water partition coefficient (Wildman–Crippen LogP) is 2.07. The first-order valence-electron chi connectivity index (χ1n) is 7.98. The lowest BCUT2D eigenvalue weighted by Crippen LogP contribution is -2.82. The largest absolute Gasteiger partial charge is 0.377 e. The normalized spacial score (nSPS) is 38.3. The molecule has 0 bridgehead atoms. The predicted molar refractivity (Wildman–Crippen MR) is 80.2 cm³/mol. The summed E-state index contributed by atoms with van der Waals surface area (Å²) < 4.78 is 5.85. The van der Waals surface area contributed by atoms with Crippen molar-refractivity contribution < 1.29 is 9.53 Å². The molecule has 0 spiro atoms. The number of hydrogen-bond donors (Lipinski definition) is 2. The van der Waals surface area contributed by atoms with Crippen molar-refractivity contribution in [3.8, 4) is 0 Å². The first-order chi connectivity index (χ1) is 9.26. The fraction of sp³-hybridized carbons (Fsp3) is 0.938. The van der Waals surface area contributed by atoms with E-state index < -0.39 is 5.54 Å². The Kier molecular flexibility index (Phi) is 4.18. The van der Waals surface area contributed by atoms with Crippen molar-refractivity contribution in [2.45, 2.75) is 71.6 Å². The monoisotopic (exact) mass is 282 g/mol. The van der Waals surface area contributed by atoms with E-state index in [1.54, 1.807) is 0 Å². The molecule has 1 amide bonds. The van der Waals surface area contributed by atoms with Gasteiger partial charge in [0.05, 0.1) is 6.10 Å². The summed E-state index contributed by atoms with van der Waals surface area (Å²) in [6, 6.07) is 0.160. The Morgan fingerprint density at radius 3 is 2.70 bits per heavy atom. The van der Waals surface area contributed by atoms with Gasteiger partial charge in [0.1, 0.15) is 5.54 Å². The third-order valence-electron chi connectivity index (χ3n) is 5.92. The molecule has 4 heteroatoms. The fourth-order valence-electron chi connectivity index (χ4n) is 3.86. The van der Waals surface area contributed by atoms with Gasteiger partial charge in [-0.25, -0.2) is 0 Å². The van der Waals surface area contributed by atoms with Gasteiger partial charge in [-0.2, -0.15) is 0 Å². The van der Waals surface area contributed by atoms with Gasteiger partial charge in [0.2, 0.25) is 5.91 Å². The summed E-state index contributed by atoms with van der Waals surface area (Å²) in [5.41, 5.74) is 5.49. The van der Waals surface area contributed by atoms with Crippen LogP contribution >= 0.6 is 0 Å². The van der Waals surface area contributed by atoms with Crippen molar-refractivity contribution in [1.29, 1.82) is 0 Å². The number of ether oxygens (including phenoxy) is 1. The summed E-state index contributed by atoms with van der Waals surface area (Å²) in [5.74, 6) is 0.626. The molecule has 0 aromatic carbocycles. The van der Waals surface area contributed by atoms with Gasteiger partial charge in [0, 0.05) is 24.0 Å². The highest BCUT2D eigenvalue weighted by Gasteiger charge is 2.70. The first kappa shape index (κ1) is 15.8. The number of hydrogen-bond acceptors (Lipinski definition) is 3. The third-order valence-corrected chi connectivity index (χ3v) is 5.92. The standard InChI is InChI=1S/C16H30N2O2/c1-6-10(2)11(3)18-14(19)16(17)12-8-7-9-20-13(12)15(16,4)5/h10-13H,6-9,17H2,1-5H3,(H,18,19). The lowest BCUT2D eigenvalue weighted by atomic mass is 9.46. The fourth-order valence-corrected chi connectivity index (χ4v) is 3.86. The van der Waals surface area contributed by atoms with Crippen LogP contribution in [-0.2, 0) is 9.53 Å². The highest BCUT2D eigenvalue weighted by Crippen LogP contribution is 2.57. The van der Waals surface area contributed by atoms with E-state index in [2.05, 4.69) is 39.9 Å². The second-order valence-corrected chi connectivity index (χ2v) is 7.28. The van der Waals surface area contributed by atoms with Crippen LogP contribution in [0.4, 0.5) is 0 Å². The topological polar surface area (TPSA) is 64.4 Å². The summed E-state index contributed by atoms with van der Waals surface area (Å²) >= 11 is 0. The lowest BCUT2D eigenvalue weighted by Gasteiger charge is -2.65. The number of nitrogens with two attached hydrogens (primary N) is 1. The zero-order valence-electron chi connectivity index (χ0n) is 13.5. The molecule has 3 N–H and O–H groups in total. The van der Waals surface area contributed by atoms with Gasteiger partial charge in [0.25, 0.3) is 0 Å². The number of fused-ring (bicyclic) bond motifs is 1. The van der Waals surface area contributed by atoms with E-state index in [-0.39, 0.29) is 29.4 Å². The number of carbonyl (C=O) groups is 1. The lowest BCUT2D eigenvalue weighted by molar-refractivity contribution is -0.225. The number of carbonyl (C=O) groups excluding carboxylic acids is 1. The van der Waals surface area contributed by atoms with Gasteiger partial charge in [-0.15, -0.1) is 0 Å². The Labute approximate surface area is 122 Å². The van der Waals surface area contributed by atoms with E-state index in [0.717, 1.165) is 25.9 Å². The van der Waals surface area contributed by atoms with Crippen LogP contribution in [0.3, 0.4) is 0 Å². The van der Waals surface area contributed by atoms with Gasteiger partial charge < -0.3 is 15.8 Å². The molecule has 116 valence electrons. The zero-order chi connectivity index (χ0) is 15.1. The van der Waals surface area contributed by atoms with Crippen LogP contribution in [0.2, 0.25) is 0 Å². The molecule has 5 unspecified atom stereocenters. The molecule has 5 atom stereocenters. The van der Waals surface area contributed by atoms with Crippen molar-refractivity contribution in [3.63, 3.8) is 0 Å². The van der Waals surface area contributed by atoms with E-state index in [1.807, 2.05) is 0 Å². The van der Waals surface area contributed by atoms with Crippen molar-refractivity contribution in [2.75, 3.05) is 6.61 Å². The summed E-state index contributed by atoms with van der Waals surface area (Å²) in [5, 5.41) is 3.14. The minimum Gasteiger partial charge on any atom is -0.377 e. The molecule has 1 saturated carbocycles. The van der Waals surface area contributed by atoms with Crippen LogP contribution in [0.25, 0.3) is 0 Å². The van der Waals surface area contributed by atoms with Gasteiger partial charge in [0.15, 0.2) is 0 Å². The molecule has 20 heavy (non-hydrogen) atoms. The van der Waals surface area contributed by atoms with Crippen LogP contribution in [0.5, 0.6) is 0 Å². The van der Waals surface area contributed by atoms with Crippen LogP contribution in [0.15, 0.2) is 0 Å². The number of rotatable bonds is 4. The van der Waals surface area contributed by atoms with Gasteiger partial charge in [-0.1, -0.05) is 34.1 Å². The SMILES string of the molecule is CCC(C)C(C)NC(=O)C1(N)C2CCCOC2C1(C)C. The van der Waals surface area contributed by atoms with E-state index in [4.69, 9.17) is 10.5 Å². The molecule has 1 aliphatic heterocycles. The molecule has 1 aliphatic carbocycles. The van der Waals surface area contributed by atoms with Crippen LogP contribution in [-0.4, -0.2) is 30.2 Å². The summed E-state index contributed by atoms with van der Waals surface area (Å²) in [6.45, 7) is 11.3. The Bertz CT molecular complexity index is 383. The third kappa shape index (κ3) is 2.08. The van der Waals surface area contributed by atoms with E-state index in [1.165, 1.54) is 0 Å². The molecule has 0 aromatic heterocycles. The summed E-state index contributed by atoms with van der Waals surface area (Å²) in [7, 11) is 0. The summed E-state index contributed by atoms with van der Waals surface area (Å²) in [6.07, 6.45) is 3.18. The Morgan fingerprint density at radius 2 is 2.10 bits per heavy atom. The Morgan fingerprint density at radius 1 is 1.45 bits per heavy atom. The molecule has 2 rings (SSSR count). The maximum Gasteiger partial charge on any atom is 0.241 e. The van der Waals surface area contributed by atoms with Crippen LogP contribution < -0.4 is 11.1 Å². The highest BCUT2D eigenvalue weighted by atomic mass is 16.5. The zero-order valence-corrected chi connectivity index (χ0v) is 13.5. The average Bonchev–Trinajstić information content (AvgIpc) is 2.45. The molecule has 4 nitrogen and oxygen atoms in total. The average molecular weight is 282 g/mol. The smallest absolute Gasteiger partial charge is 0.241 e. The maximum absolute atomic E-state index is 12.8. The van der Waals surface area contributed by atoms with Gasteiger partial charge >= 0.3 is 0 Å². The molecule has 0 aromatic rings. The number of nitrogens with one attached hydrogen (secondary N) is 1. The van der Waals surface area contributed by atoms with E-state index in [9.17, 15) is 4.79 Å². The second kappa shape index (κ2) is 5.30. The van der Waals surface area contributed by atoms with Crippen molar-refractivity contribution >= 4 is 5.91 Å². The molecule has 2 aliphatic rings. The minimum absolute atomic E-state index is 0.00190. The van der Waals surface area contributed by atoms with Gasteiger partial charge in [-0.3, -0.25) is 4.79 Å². The minimum atomic E-state index is -0.792.